The summed E-state index contributed by atoms with van der Waals surface area (Å²) in [5.74, 6) is -1.20. The molecule has 0 saturated heterocycles. The molecule has 5 heterocycles. The molecule has 0 unspecified atom stereocenters. The van der Waals surface area contributed by atoms with E-state index in [0.717, 1.165) is 67.0 Å². The molecule has 10 nitrogen and oxygen atoms in total. The maximum atomic E-state index is 11.6. The van der Waals surface area contributed by atoms with Gasteiger partial charge in [-0.3, -0.25) is 9.59 Å². The predicted molar refractivity (Wildman–Crippen MR) is 195 cm³/mol. The van der Waals surface area contributed by atoms with Crippen molar-refractivity contribution in [3.8, 4) is 0 Å². The Bertz CT molecular complexity index is 1930. The van der Waals surface area contributed by atoms with Crippen molar-refractivity contribution in [2.75, 3.05) is 0 Å². The average Bonchev–Trinajstić information content (AvgIpc) is 3.59. The van der Waals surface area contributed by atoms with Crippen molar-refractivity contribution in [3.63, 3.8) is 0 Å². The van der Waals surface area contributed by atoms with E-state index in [1.54, 1.807) is 0 Å². The smallest absolute Gasteiger partial charge is 0.693 e. The van der Waals surface area contributed by atoms with Crippen LogP contribution in [-0.2, 0) is 37.1 Å². The van der Waals surface area contributed by atoms with E-state index in [1.807, 2.05) is 26.0 Å². The fourth-order valence-electron chi connectivity index (χ4n) is 6.72. The molecular formula is C37H50N6O4Pt. The van der Waals surface area contributed by atoms with Crippen LogP contribution in [0, 0.1) is 19.8 Å². The van der Waals surface area contributed by atoms with Gasteiger partial charge in [0, 0.05) is 34.9 Å². The Morgan fingerprint density at radius 1 is 0.667 bits per heavy atom. The van der Waals surface area contributed by atoms with E-state index < -0.39 is 11.9 Å². The Labute approximate surface area is 298 Å². The molecule has 0 aromatic carbocycles. The first-order valence-corrected chi connectivity index (χ1v) is 15.4. The summed E-state index contributed by atoms with van der Waals surface area (Å²) in [6, 6.07) is 8.24. The summed E-state index contributed by atoms with van der Waals surface area (Å²) in [7, 11) is 0. The van der Waals surface area contributed by atoms with Gasteiger partial charge in [0.2, 0.25) is 0 Å². The van der Waals surface area contributed by atoms with Gasteiger partial charge in [0.1, 0.15) is 0 Å². The van der Waals surface area contributed by atoms with E-state index in [2.05, 4.69) is 63.6 Å². The molecule has 0 radical (unpaired) electrons. The first kappa shape index (κ1) is 42.2. The molecule has 48 heavy (non-hydrogen) atoms. The van der Waals surface area contributed by atoms with E-state index in [1.165, 1.54) is 16.7 Å². The van der Waals surface area contributed by atoms with Crippen LogP contribution in [0.2, 0.25) is 0 Å². The molecule has 0 fully saturated rings. The van der Waals surface area contributed by atoms with Gasteiger partial charge < -0.3 is 32.5 Å². The van der Waals surface area contributed by atoms with Gasteiger partial charge in [0.05, 0.1) is 22.8 Å². The van der Waals surface area contributed by atoms with Crippen molar-refractivity contribution < 1.29 is 40.9 Å². The normalized spacial score (nSPS) is 12.4. The number of aryl methyl sites for hydroxylation is 3. The van der Waals surface area contributed by atoms with E-state index in [4.69, 9.17) is 9.97 Å². The molecular weight excluding hydrogens is 788 g/mol. The summed E-state index contributed by atoms with van der Waals surface area (Å²) in [4.78, 5) is 40.6. The van der Waals surface area contributed by atoms with Crippen molar-refractivity contribution in [2.45, 2.75) is 94.4 Å². The quantitative estimate of drug-likeness (QED) is 0.174. The first-order chi connectivity index (χ1) is 20.8. The van der Waals surface area contributed by atoms with Crippen LogP contribution in [0.3, 0.4) is 0 Å². The number of nitrogens with one attached hydrogen (secondary N) is 2. The number of aromatic amines is 2. The number of hydrogen-bond donors (Lipinski definition) is 4. The number of aliphatic carboxylic acids is 2. The zero-order valence-corrected chi connectivity index (χ0v) is 30.6. The molecule has 0 saturated carbocycles. The Morgan fingerprint density at radius 2 is 1.19 bits per heavy atom. The number of nitrogens with zero attached hydrogens (tertiary/aromatic N) is 2. The van der Waals surface area contributed by atoms with Gasteiger partial charge in [-0.1, -0.05) is 35.1 Å². The maximum Gasteiger partial charge on any atom is 2.00 e. The predicted octanol–water partition coefficient (Wildman–Crippen LogP) is 10.5. The summed E-state index contributed by atoms with van der Waals surface area (Å²) < 4.78 is 0. The van der Waals surface area contributed by atoms with Gasteiger partial charge in [-0.05, 0) is 121 Å². The van der Waals surface area contributed by atoms with Gasteiger partial charge in [-0.25, -0.2) is 9.97 Å². The number of carboxylic acids is 2. The molecule has 0 amide bonds. The molecule has 0 aliphatic carbocycles. The minimum atomic E-state index is -0.869. The average molecular weight is 838 g/mol. The van der Waals surface area contributed by atoms with E-state index >= 15 is 0 Å². The van der Waals surface area contributed by atoms with Crippen molar-refractivity contribution >= 4 is 56.3 Å². The van der Waals surface area contributed by atoms with Gasteiger partial charge >= 0.3 is 33.0 Å². The van der Waals surface area contributed by atoms with Crippen molar-refractivity contribution in [3.05, 3.63) is 81.6 Å². The largest absolute Gasteiger partial charge is 2.00 e. The van der Waals surface area contributed by atoms with Crippen LogP contribution in [0.5, 0.6) is 0 Å². The second-order valence-corrected chi connectivity index (χ2v) is 12.6. The van der Waals surface area contributed by atoms with Crippen molar-refractivity contribution in [2.24, 2.45) is 5.92 Å². The second-order valence-electron chi connectivity index (χ2n) is 12.6. The third-order valence-corrected chi connectivity index (χ3v) is 8.97. The maximum absolute atomic E-state index is 11.6. The zero-order chi connectivity index (χ0) is 32.0. The SMILES string of the molecule is C.CC1=C(CCC(=O)O)c2cc3[nH]c(cc4[nH]c(cc5nc(cc1n2)C(C)=C5C(C)C)c(C)c4C(C)C)c(C)c3CCC(=O)O.[NH2-].[NH2-].[Pt+2]. The fraction of sp³-hybridized carbons (Fsp3) is 0.405. The Kier molecular flexibility index (Phi) is 14.5. The molecule has 0 atom stereocenters. The standard InChI is InChI=1S/C36H42N4O4.CH4.2H2N.Pt/c1-17(2)35-21(7)27-13-25-19(5)23(9-11-33(41)42)29(37-25)16-30-24(10-12-34(43)44)20(6)26(38-30)14-31-36(18(3)4)22(8)28(40-31)15-32(35)39-27;;;;/h13-18,38,40H,9-12H2,1-8H3,(H,41,42)(H,43,44);1H4;2*1H2;/q;;2*-1;+2. The summed E-state index contributed by atoms with van der Waals surface area (Å²) in [6.45, 7) is 17.0. The Hall–Kier alpha value is -3.85. The molecule has 262 valence electrons. The van der Waals surface area contributed by atoms with Crippen LogP contribution in [0.4, 0.5) is 0 Å². The number of fused-ring (bicyclic) bond motifs is 8. The number of carboxylic acid groups (broad SMARTS) is 2. The molecule has 11 heteroatoms. The van der Waals surface area contributed by atoms with E-state index in [0.29, 0.717) is 18.5 Å². The molecule has 5 rings (SSSR count). The van der Waals surface area contributed by atoms with E-state index in [9.17, 15) is 19.8 Å². The number of allylic oxidation sites excluding steroid dienone is 4. The van der Waals surface area contributed by atoms with Crippen LogP contribution < -0.4 is 0 Å². The van der Waals surface area contributed by atoms with E-state index in [-0.39, 0.29) is 65.5 Å². The second kappa shape index (κ2) is 16.5. The summed E-state index contributed by atoms with van der Waals surface area (Å²) in [5, 5.41) is 19.0. The third-order valence-electron chi connectivity index (χ3n) is 8.97. The van der Waals surface area contributed by atoms with Gasteiger partial charge in [-0.15, -0.1) is 0 Å². The van der Waals surface area contributed by atoms with Gasteiger partial charge in [0.15, 0.2) is 0 Å². The molecule has 2 aliphatic rings. The molecule has 2 aliphatic heterocycles. The molecule has 8 N–H and O–H groups in total. The Balaban J connectivity index is 0.00000288. The van der Waals surface area contributed by atoms with Crippen LogP contribution in [-0.4, -0.2) is 42.1 Å². The zero-order valence-electron chi connectivity index (χ0n) is 28.4. The minimum Gasteiger partial charge on any atom is -0.693 e. The summed E-state index contributed by atoms with van der Waals surface area (Å²) in [5.41, 5.74) is 15.3. The van der Waals surface area contributed by atoms with Gasteiger partial charge in [-0.2, -0.15) is 0 Å². The van der Waals surface area contributed by atoms with Crippen molar-refractivity contribution in [1.29, 1.82) is 0 Å². The van der Waals surface area contributed by atoms with Crippen molar-refractivity contribution in [1.82, 2.24) is 19.9 Å². The fourth-order valence-corrected chi connectivity index (χ4v) is 6.72. The third kappa shape index (κ3) is 8.05. The first-order valence-electron chi connectivity index (χ1n) is 15.4. The monoisotopic (exact) mass is 837 g/mol. The number of rotatable bonds is 8. The summed E-state index contributed by atoms with van der Waals surface area (Å²) in [6.07, 6.45) is 0.676. The molecule has 3 aromatic heterocycles. The number of nitrogens with two attached hydrogens (primary N) is 2. The van der Waals surface area contributed by atoms with Crippen LogP contribution in [0.15, 0.2) is 24.3 Å². The summed E-state index contributed by atoms with van der Waals surface area (Å²) >= 11 is 0. The van der Waals surface area contributed by atoms with Crippen LogP contribution in [0.1, 0.15) is 119 Å². The number of carbonyl (C=O) groups is 2. The molecule has 3 aromatic rings. The Morgan fingerprint density at radius 3 is 1.77 bits per heavy atom. The minimum absolute atomic E-state index is 0. The molecule has 0 spiro atoms. The van der Waals surface area contributed by atoms with Crippen LogP contribution >= 0.6 is 0 Å². The van der Waals surface area contributed by atoms with Gasteiger partial charge in [0.25, 0.3) is 0 Å². The number of aromatic nitrogens is 4. The van der Waals surface area contributed by atoms with Crippen LogP contribution in [0.25, 0.3) is 56.7 Å². The molecule has 8 bridgehead atoms. The topological polar surface area (TPSA) is 199 Å². The number of H-pyrrole nitrogens is 2. The number of hydrogen-bond acceptors (Lipinski definition) is 4.